The molecule has 0 aromatic carbocycles. The molecule has 1 aliphatic rings. The first kappa shape index (κ1) is 15.5. The Morgan fingerprint density at radius 3 is 2.85 bits per heavy atom. The van der Waals surface area contributed by atoms with E-state index in [0.29, 0.717) is 0 Å². The second-order valence-electron chi connectivity index (χ2n) is 5.84. The van der Waals surface area contributed by atoms with E-state index < -0.39 is 0 Å². The van der Waals surface area contributed by atoms with E-state index in [4.69, 9.17) is 0 Å². The molecule has 1 aromatic heterocycles. The largest absolute Gasteiger partial charge is 0.316 e. The molecule has 0 amide bonds. The van der Waals surface area contributed by atoms with E-state index in [1.807, 2.05) is 0 Å². The van der Waals surface area contributed by atoms with Crippen LogP contribution in [0.15, 0.2) is 6.07 Å². The molecule has 2 heterocycles. The van der Waals surface area contributed by atoms with Crippen molar-refractivity contribution in [1.82, 2.24) is 20.0 Å². The zero-order valence-electron chi connectivity index (χ0n) is 13.4. The normalized spacial score (nSPS) is 19.7. The molecule has 20 heavy (non-hydrogen) atoms. The quantitative estimate of drug-likeness (QED) is 0.831. The monoisotopic (exact) mass is 278 g/mol. The first-order valence-electron chi connectivity index (χ1n) is 8.25. The number of hydrogen-bond acceptors (Lipinski definition) is 3. The fraction of sp³-hybridized carbons (Fsp3) is 0.812. The highest BCUT2D eigenvalue weighted by Crippen LogP contribution is 2.15. The first-order chi connectivity index (χ1) is 9.76. The minimum atomic E-state index is 0.812. The number of nitrogens with one attached hydrogen (secondary N) is 1. The van der Waals surface area contributed by atoms with Gasteiger partial charge in [0.25, 0.3) is 0 Å². The molecule has 0 bridgehead atoms. The molecule has 1 aromatic rings. The van der Waals surface area contributed by atoms with Crippen molar-refractivity contribution in [2.75, 3.05) is 26.2 Å². The third-order valence-electron chi connectivity index (χ3n) is 4.32. The van der Waals surface area contributed by atoms with Gasteiger partial charge in [0.05, 0.1) is 11.4 Å². The maximum absolute atomic E-state index is 4.66. The van der Waals surface area contributed by atoms with Crippen LogP contribution in [0.5, 0.6) is 0 Å². The fourth-order valence-corrected chi connectivity index (χ4v) is 3.07. The van der Waals surface area contributed by atoms with E-state index in [9.17, 15) is 0 Å². The van der Waals surface area contributed by atoms with Crippen molar-refractivity contribution in [2.24, 2.45) is 5.92 Å². The highest BCUT2D eigenvalue weighted by Gasteiger charge is 2.17. The van der Waals surface area contributed by atoms with Gasteiger partial charge in [-0.05, 0) is 57.8 Å². The zero-order valence-corrected chi connectivity index (χ0v) is 13.4. The Kier molecular flexibility index (Phi) is 6.05. The Hall–Kier alpha value is -0.870. The predicted octanol–water partition coefficient (Wildman–Crippen LogP) is 2.29. The van der Waals surface area contributed by atoms with Crippen LogP contribution in [0.3, 0.4) is 0 Å². The van der Waals surface area contributed by atoms with Gasteiger partial charge in [-0.1, -0.05) is 13.8 Å². The lowest BCUT2D eigenvalue weighted by molar-refractivity contribution is 0.205. The summed E-state index contributed by atoms with van der Waals surface area (Å²) in [5, 5.41) is 8.18. The van der Waals surface area contributed by atoms with Crippen molar-refractivity contribution in [3.8, 4) is 0 Å². The third kappa shape index (κ3) is 4.06. The van der Waals surface area contributed by atoms with Crippen molar-refractivity contribution >= 4 is 0 Å². The Bertz CT molecular complexity index is 393. The molecule has 0 spiro atoms. The predicted molar refractivity (Wildman–Crippen MR) is 83.8 cm³/mol. The summed E-state index contributed by atoms with van der Waals surface area (Å²) in [4.78, 5) is 2.57. The summed E-state index contributed by atoms with van der Waals surface area (Å²) in [6.07, 6.45) is 3.73. The van der Waals surface area contributed by atoms with E-state index in [1.165, 1.54) is 43.9 Å². The highest BCUT2D eigenvalue weighted by molar-refractivity contribution is 5.10. The summed E-state index contributed by atoms with van der Waals surface area (Å²) in [5.74, 6) is 0.812. The standard InChI is InChI=1S/C16H30N4/c1-4-15-10-16(20(6-3)18-15)13-19(5-2)12-14-8-7-9-17-11-14/h10,14,17H,4-9,11-13H2,1-3H3. The molecule has 1 fully saturated rings. The van der Waals surface area contributed by atoms with Crippen LogP contribution in [0.1, 0.15) is 45.0 Å². The van der Waals surface area contributed by atoms with Gasteiger partial charge in [-0.3, -0.25) is 9.58 Å². The van der Waals surface area contributed by atoms with Gasteiger partial charge in [0.15, 0.2) is 0 Å². The molecule has 1 aliphatic heterocycles. The number of nitrogens with zero attached hydrogens (tertiary/aromatic N) is 3. The summed E-state index contributed by atoms with van der Waals surface area (Å²) in [7, 11) is 0. The van der Waals surface area contributed by atoms with Gasteiger partial charge >= 0.3 is 0 Å². The summed E-state index contributed by atoms with van der Waals surface area (Å²) in [6, 6.07) is 2.28. The molecule has 2 rings (SSSR count). The molecular weight excluding hydrogens is 248 g/mol. The number of rotatable bonds is 7. The number of aryl methyl sites for hydroxylation is 2. The van der Waals surface area contributed by atoms with Gasteiger partial charge < -0.3 is 5.32 Å². The fourth-order valence-electron chi connectivity index (χ4n) is 3.07. The second kappa shape index (κ2) is 7.79. The van der Waals surface area contributed by atoms with Crippen molar-refractivity contribution < 1.29 is 0 Å². The molecule has 0 aliphatic carbocycles. The second-order valence-corrected chi connectivity index (χ2v) is 5.84. The maximum Gasteiger partial charge on any atom is 0.0625 e. The SMILES string of the molecule is CCc1cc(CN(CC)CC2CCCNC2)n(CC)n1. The van der Waals surface area contributed by atoms with E-state index in [1.54, 1.807) is 0 Å². The lowest BCUT2D eigenvalue weighted by Gasteiger charge is -2.29. The molecule has 1 atom stereocenters. The van der Waals surface area contributed by atoms with Gasteiger partial charge in [-0.15, -0.1) is 0 Å². The van der Waals surface area contributed by atoms with Crippen LogP contribution < -0.4 is 5.32 Å². The Balaban J connectivity index is 1.96. The van der Waals surface area contributed by atoms with Gasteiger partial charge in [0, 0.05) is 19.6 Å². The third-order valence-corrected chi connectivity index (χ3v) is 4.32. The van der Waals surface area contributed by atoms with E-state index in [2.05, 4.69) is 46.8 Å². The Morgan fingerprint density at radius 1 is 1.40 bits per heavy atom. The van der Waals surface area contributed by atoms with Crippen molar-refractivity contribution in [3.63, 3.8) is 0 Å². The van der Waals surface area contributed by atoms with Crippen LogP contribution >= 0.6 is 0 Å². The van der Waals surface area contributed by atoms with Gasteiger partial charge in [-0.2, -0.15) is 5.10 Å². The zero-order chi connectivity index (χ0) is 14.4. The van der Waals surface area contributed by atoms with Crippen molar-refractivity contribution in [2.45, 2.75) is 53.1 Å². The Morgan fingerprint density at radius 2 is 2.25 bits per heavy atom. The molecule has 4 nitrogen and oxygen atoms in total. The van der Waals surface area contributed by atoms with Crippen LogP contribution in [0, 0.1) is 5.92 Å². The van der Waals surface area contributed by atoms with Gasteiger partial charge in [0.1, 0.15) is 0 Å². The molecule has 1 saturated heterocycles. The van der Waals surface area contributed by atoms with Crippen LogP contribution in [-0.2, 0) is 19.5 Å². The molecule has 114 valence electrons. The van der Waals surface area contributed by atoms with E-state index >= 15 is 0 Å². The number of hydrogen-bond donors (Lipinski definition) is 1. The van der Waals surface area contributed by atoms with Gasteiger partial charge in [0.2, 0.25) is 0 Å². The highest BCUT2D eigenvalue weighted by atomic mass is 15.3. The smallest absolute Gasteiger partial charge is 0.0625 e. The van der Waals surface area contributed by atoms with E-state index in [0.717, 1.165) is 32.0 Å². The van der Waals surface area contributed by atoms with Crippen molar-refractivity contribution in [1.29, 1.82) is 0 Å². The lowest BCUT2D eigenvalue weighted by atomic mass is 9.99. The average Bonchev–Trinajstić information content (AvgIpc) is 2.89. The number of aromatic nitrogens is 2. The van der Waals surface area contributed by atoms with Crippen LogP contribution in [0.2, 0.25) is 0 Å². The summed E-state index contributed by atoms with van der Waals surface area (Å²) in [5.41, 5.74) is 2.59. The van der Waals surface area contributed by atoms with Crippen LogP contribution in [0.4, 0.5) is 0 Å². The minimum absolute atomic E-state index is 0.812. The molecule has 0 saturated carbocycles. The topological polar surface area (TPSA) is 33.1 Å². The molecular formula is C16H30N4. The van der Waals surface area contributed by atoms with E-state index in [-0.39, 0.29) is 0 Å². The maximum atomic E-state index is 4.66. The minimum Gasteiger partial charge on any atom is -0.316 e. The molecule has 4 heteroatoms. The lowest BCUT2D eigenvalue weighted by Crippen LogP contribution is -2.38. The number of piperidine rings is 1. The van der Waals surface area contributed by atoms with Crippen molar-refractivity contribution in [3.05, 3.63) is 17.5 Å². The first-order valence-corrected chi connectivity index (χ1v) is 8.25. The average molecular weight is 278 g/mol. The molecule has 1 N–H and O–H groups in total. The van der Waals surface area contributed by atoms with Crippen LogP contribution in [0.25, 0.3) is 0 Å². The molecule has 0 radical (unpaired) electrons. The molecule has 1 unspecified atom stereocenters. The van der Waals surface area contributed by atoms with Gasteiger partial charge in [-0.25, -0.2) is 0 Å². The summed E-state index contributed by atoms with van der Waals surface area (Å²) < 4.78 is 2.17. The summed E-state index contributed by atoms with van der Waals surface area (Å²) in [6.45, 7) is 13.3. The van der Waals surface area contributed by atoms with Crippen LogP contribution in [-0.4, -0.2) is 40.9 Å². The summed E-state index contributed by atoms with van der Waals surface area (Å²) >= 11 is 0. The Labute approximate surface area is 123 Å².